The number of hydrogen-bond acceptors (Lipinski definition) is 5. The largest absolute Gasteiger partial charge is 0.295 e. The summed E-state index contributed by atoms with van der Waals surface area (Å²) in [7, 11) is -4.39. The Morgan fingerprint density at radius 3 is 1.48 bits per heavy atom. The van der Waals surface area contributed by atoms with Crippen molar-refractivity contribution in [2.24, 2.45) is 0 Å². The highest BCUT2D eigenvalue weighted by Gasteiger charge is 2.24. The second kappa shape index (κ2) is 6.51. The van der Waals surface area contributed by atoms with Crippen molar-refractivity contribution in [2.75, 3.05) is 0 Å². The summed E-state index contributed by atoms with van der Waals surface area (Å²) >= 11 is 4.56. The number of hydrogen-bond donors (Lipinski definition) is 1. The van der Waals surface area contributed by atoms with E-state index in [9.17, 15) is 13.0 Å². The number of thiophene rings is 3. The van der Waals surface area contributed by atoms with Gasteiger partial charge in [0.2, 0.25) is 0 Å². The third-order valence-corrected chi connectivity index (χ3v) is 6.87. The first kappa shape index (κ1) is 16.7. The molecule has 126 valence electrons. The lowest BCUT2D eigenvalue weighted by molar-refractivity contribution is 0.484. The van der Waals surface area contributed by atoms with Gasteiger partial charge in [-0.3, -0.25) is 4.55 Å². The molecule has 3 aromatic heterocycles. The molecule has 4 aromatic rings. The molecule has 0 atom stereocenters. The molecule has 0 aliphatic heterocycles. The molecule has 3 nitrogen and oxygen atoms in total. The van der Waals surface area contributed by atoms with Gasteiger partial charge < -0.3 is 0 Å². The van der Waals surface area contributed by atoms with E-state index >= 15 is 0 Å². The van der Waals surface area contributed by atoms with Crippen LogP contribution in [0.15, 0.2) is 67.5 Å². The van der Waals surface area contributed by atoms with Crippen LogP contribution in [0, 0.1) is 0 Å². The predicted molar refractivity (Wildman–Crippen MR) is 106 cm³/mol. The summed E-state index contributed by atoms with van der Waals surface area (Å²) in [5.74, 6) is 0. The first-order valence-electron chi connectivity index (χ1n) is 7.27. The van der Waals surface area contributed by atoms with Crippen LogP contribution in [0.2, 0.25) is 0 Å². The van der Waals surface area contributed by atoms with Crippen LogP contribution in [0.4, 0.5) is 0 Å². The first-order valence-corrected chi connectivity index (χ1v) is 11.5. The Bertz CT molecular complexity index is 1040. The molecule has 0 unspecified atom stereocenters. The monoisotopic (exact) mass is 404 g/mol. The van der Waals surface area contributed by atoms with E-state index in [2.05, 4.69) is 0 Å². The van der Waals surface area contributed by atoms with E-state index in [1.165, 1.54) is 22.7 Å². The zero-order valence-electron chi connectivity index (χ0n) is 12.7. The maximum absolute atomic E-state index is 12.2. The maximum atomic E-state index is 12.2. The first-order chi connectivity index (χ1) is 12.0. The van der Waals surface area contributed by atoms with Gasteiger partial charge >= 0.3 is 0 Å². The number of rotatable bonds is 4. The summed E-state index contributed by atoms with van der Waals surface area (Å²) in [5.41, 5.74) is 4.57. The SMILES string of the molecule is O=S(=O)(O)c1c(-c2ccsc2)cc(-c2ccsc2)cc1-c1ccsc1. The Kier molecular flexibility index (Phi) is 4.35. The van der Waals surface area contributed by atoms with E-state index in [4.69, 9.17) is 0 Å². The number of benzene rings is 1. The van der Waals surface area contributed by atoms with Gasteiger partial charge in [-0.1, -0.05) is 0 Å². The average Bonchev–Trinajstić information content (AvgIpc) is 3.36. The zero-order valence-corrected chi connectivity index (χ0v) is 16.0. The van der Waals surface area contributed by atoms with Gasteiger partial charge in [0, 0.05) is 11.1 Å². The normalized spacial score (nSPS) is 11.7. The van der Waals surface area contributed by atoms with Crippen LogP contribution in [0.5, 0.6) is 0 Å². The van der Waals surface area contributed by atoms with Gasteiger partial charge in [-0.25, -0.2) is 0 Å². The molecule has 4 rings (SSSR count). The minimum Gasteiger partial charge on any atom is -0.282 e. The Morgan fingerprint density at radius 2 is 1.12 bits per heavy atom. The quantitative estimate of drug-likeness (QED) is 0.417. The second-order valence-corrected chi connectivity index (χ2v) is 9.11. The van der Waals surface area contributed by atoms with Crippen LogP contribution >= 0.6 is 34.0 Å². The van der Waals surface area contributed by atoms with Crippen LogP contribution in [0.3, 0.4) is 0 Å². The van der Waals surface area contributed by atoms with Crippen LogP contribution in [0.1, 0.15) is 0 Å². The molecule has 1 aromatic carbocycles. The molecule has 0 saturated heterocycles. The standard InChI is InChI=1S/C18H12O3S4/c19-25(20,21)18-16(13-2-5-23-10-13)7-15(12-1-4-22-9-12)8-17(18)14-3-6-24-11-14/h1-11H,(H,19,20,21). The zero-order chi connectivity index (χ0) is 17.4. The Balaban J connectivity index is 2.11. The minimum absolute atomic E-state index is 0.0386. The average molecular weight is 405 g/mol. The fraction of sp³-hybridized carbons (Fsp3) is 0. The highest BCUT2D eigenvalue weighted by molar-refractivity contribution is 7.86. The highest BCUT2D eigenvalue weighted by Crippen LogP contribution is 2.41. The molecule has 7 heteroatoms. The lowest BCUT2D eigenvalue weighted by Crippen LogP contribution is -2.04. The van der Waals surface area contributed by atoms with Gasteiger partial charge in [0.05, 0.1) is 0 Å². The molecule has 25 heavy (non-hydrogen) atoms. The third kappa shape index (κ3) is 3.21. The van der Waals surface area contributed by atoms with E-state index in [1.807, 2.05) is 62.6 Å². The Labute approximate surface area is 157 Å². The van der Waals surface area contributed by atoms with E-state index in [0.717, 1.165) is 22.3 Å². The fourth-order valence-electron chi connectivity index (χ4n) is 2.77. The Morgan fingerprint density at radius 1 is 0.680 bits per heavy atom. The third-order valence-electron chi connectivity index (χ3n) is 3.87. The molecule has 0 saturated carbocycles. The molecule has 3 heterocycles. The molecular formula is C18H12O3S4. The van der Waals surface area contributed by atoms with E-state index in [0.29, 0.717) is 11.1 Å². The van der Waals surface area contributed by atoms with Gasteiger partial charge in [-0.15, -0.1) is 0 Å². The molecule has 0 aliphatic rings. The van der Waals surface area contributed by atoms with Gasteiger partial charge in [-0.2, -0.15) is 42.4 Å². The Hall–Kier alpha value is -1.77. The minimum atomic E-state index is -4.39. The van der Waals surface area contributed by atoms with Crippen molar-refractivity contribution >= 4 is 44.1 Å². The van der Waals surface area contributed by atoms with Crippen molar-refractivity contribution in [1.29, 1.82) is 0 Å². The molecule has 0 radical (unpaired) electrons. The van der Waals surface area contributed by atoms with Gasteiger partial charge in [0.1, 0.15) is 4.90 Å². The van der Waals surface area contributed by atoms with E-state index in [-0.39, 0.29) is 4.90 Å². The lowest BCUT2D eigenvalue weighted by Gasteiger charge is -2.14. The van der Waals surface area contributed by atoms with Gasteiger partial charge in [0.25, 0.3) is 10.1 Å². The molecular weight excluding hydrogens is 392 g/mol. The summed E-state index contributed by atoms with van der Waals surface area (Å²) in [4.78, 5) is -0.0386. The fourth-order valence-corrected chi connectivity index (χ4v) is 5.65. The van der Waals surface area contributed by atoms with Crippen molar-refractivity contribution in [1.82, 2.24) is 0 Å². The lowest BCUT2D eigenvalue weighted by atomic mass is 9.96. The van der Waals surface area contributed by atoms with Crippen molar-refractivity contribution in [3.63, 3.8) is 0 Å². The highest BCUT2D eigenvalue weighted by atomic mass is 32.2. The van der Waals surface area contributed by atoms with Crippen LogP contribution in [-0.4, -0.2) is 13.0 Å². The summed E-state index contributed by atoms with van der Waals surface area (Å²) in [6, 6.07) is 9.40. The summed E-state index contributed by atoms with van der Waals surface area (Å²) < 4.78 is 34.4. The summed E-state index contributed by atoms with van der Waals surface area (Å²) in [6.45, 7) is 0. The summed E-state index contributed by atoms with van der Waals surface area (Å²) in [6.07, 6.45) is 0. The molecule has 0 amide bonds. The molecule has 0 fully saturated rings. The van der Waals surface area contributed by atoms with Crippen LogP contribution in [0.25, 0.3) is 33.4 Å². The second-order valence-electron chi connectivity index (χ2n) is 5.41. The van der Waals surface area contributed by atoms with E-state index < -0.39 is 10.1 Å². The molecule has 0 spiro atoms. The van der Waals surface area contributed by atoms with Crippen molar-refractivity contribution in [3.8, 4) is 33.4 Å². The molecule has 0 bridgehead atoms. The molecule has 1 N–H and O–H groups in total. The topological polar surface area (TPSA) is 54.4 Å². The van der Waals surface area contributed by atoms with Gasteiger partial charge in [-0.05, 0) is 84.9 Å². The smallest absolute Gasteiger partial charge is 0.282 e. The van der Waals surface area contributed by atoms with Crippen molar-refractivity contribution < 1.29 is 13.0 Å². The van der Waals surface area contributed by atoms with E-state index in [1.54, 1.807) is 11.3 Å². The van der Waals surface area contributed by atoms with Crippen LogP contribution < -0.4 is 0 Å². The predicted octanol–water partition coefficient (Wildman–Crippen LogP) is 6.12. The van der Waals surface area contributed by atoms with Crippen LogP contribution in [-0.2, 0) is 10.1 Å². The molecule has 0 aliphatic carbocycles. The van der Waals surface area contributed by atoms with Crippen molar-refractivity contribution in [2.45, 2.75) is 4.90 Å². The summed E-state index contributed by atoms with van der Waals surface area (Å²) in [5, 5.41) is 11.6. The van der Waals surface area contributed by atoms with Gasteiger partial charge in [0.15, 0.2) is 0 Å². The van der Waals surface area contributed by atoms with Crippen molar-refractivity contribution in [3.05, 3.63) is 62.6 Å². The maximum Gasteiger partial charge on any atom is 0.295 e.